The Morgan fingerprint density at radius 2 is 0.909 bits per heavy atom. The van der Waals surface area contributed by atoms with Gasteiger partial charge in [-0.3, -0.25) is 0 Å². The van der Waals surface area contributed by atoms with E-state index < -0.39 is 23.2 Å². The van der Waals surface area contributed by atoms with Gasteiger partial charge in [0.2, 0.25) is 0 Å². The van der Waals surface area contributed by atoms with Crippen molar-refractivity contribution in [3.05, 3.63) is 185 Å². The van der Waals surface area contributed by atoms with Crippen LogP contribution >= 0.6 is 0 Å². The molecule has 0 amide bonds. The molecule has 8 rings (SSSR count). The third kappa shape index (κ3) is 8.39. The van der Waals surface area contributed by atoms with E-state index in [0.29, 0.717) is 0 Å². The summed E-state index contributed by atoms with van der Waals surface area (Å²) >= 11 is -1.34. The summed E-state index contributed by atoms with van der Waals surface area (Å²) in [4.78, 5) is 10.00. The summed E-state index contributed by atoms with van der Waals surface area (Å²) in [6, 6.07) is 45.5. The van der Waals surface area contributed by atoms with Crippen molar-refractivity contribution in [1.82, 2.24) is 9.97 Å². The fourth-order valence-electron chi connectivity index (χ4n) is 8.64. The number of pyridine rings is 2. The first-order valence-corrected chi connectivity index (χ1v) is 23.1. The van der Waals surface area contributed by atoms with Crippen molar-refractivity contribution < 1.29 is 23.2 Å². The van der Waals surface area contributed by atoms with Gasteiger partial charge in [0.25, 0.3) is 0 Å². The molecule has 2 heterocycles. The third-order valence-electron chi connectivity index (χ3n) is 11.5. The average Bonchev–Trinajstić information content (AvgIpc) is 3.80. The number of benzene rings is 4. The molecule has 2 aromatic heterocycles. The second-order valence-corrected chi connectivity index (χ2v) is 18.8. The van der Waals surface area contributed by atoms with Crippen LogP contribution in [-0.2, 0) is 36.1 Å². The number of fused-ring (bicyclic) bond motifs is 2. The zero-order valence-corrected chi connectivity index (χ0v) is 34.9. The van der Waals surface area contributed by atoms with Crippen LogP contribution in [0.3, 0.4) is 0 Å². The number of allylic oxidation sites excluding steroid dienone is 2. The number of aromatic nitrogens is 2. The summed E-state index contributed by atoms with van der Waals surface area (Å²) in [6.07, 6.45) is 21.7. The molecular formula is C52H52N2Zr. The van der Waals surface area contributed by atoms with E-state index in [9.17, 15) is 0 Å². The summed E-state index contributed by atoms with van der Waals surface area (Å²) in [5.41, 5.74) is 15.9. The Balaban J connectivity index is 1.15. The van der Waals surface area contributed by atoms with Crippen LogP contribution in [0.2, 0.25) is 0 Å². The van der Waals surface area contributed by atoms with E-state index in [2.05, 4.69) is 135 Å². The molecule has 274 valence electrons. The molecule has 0 bridgehead atoms. The first kappa shape index (κ1) is 37.5. The van der Waals surface area contributed by atoms with E-state index in [1.807, 2.05) is 24.5 Å². The van der Waals surface area contributed by atoms with Gasteiger partial charge in [-0.25, -0.2) is 0 Å². The molecule has 2 unspecified atom stereocenters. The van der Waals surface area contributed by atoms with E-state index in [1.54, 1.807) is 6.56 Å². The van der Waals surface area contributed by atoms with Gasteiger partial charge in [-0.2, -0.15) is 0 Å². The van der Waals surface area contributed by atoms with Crippen molar-refractivity contribution in [1.29, 1.82) is 0 Å². The Kier molecular flexibility index (Phi) is 12.3. The third-order valence-corrected chi connectivity index (χ3v) is 15.1. The molecule has 3 heteroatoms. The van der Waals surface area contributed by atoms with Crippen molar-refractivity contribution in [3.63, 3.8) is 0 Å². The van der Waals surface area contributed by atoms with Crippen molar-refractivity contribution in [2.24, 2.45) is 0 Å². The van der Waals surface area contributed by atoms with Gasteiger partial charge in [0.05, 0.1) is 0 Å². The molecule has 0 fully saturated rings. The second-order valence-electron chi connectivity index (χ2n) is 15.3. The summed E-state index contributed by atoms with van der Waals surface area (Å²) in [5, 5.41) is 0. The number of rotatable bonds is 16. The van der Waals surface area contributed by atoms with E-state index in [1.165, 1.54) is 107 Å². The topological polar surface area (TPSA) is 25.8 Å². The van der Waals surface area contributed by atoms with Crippen molar-refractivity contribution in [2.75, 3.05) is 0 Å². The number of hydrogen-bond donors (Lipinski definition) is 0. The SMILES string of the molecule is CCCCCCc1ccc(-c2cccc3c2C=[C]([Zr][C]2=Cc4c(-c5ccc(CCCCCC)cc5)cccc4C2c2ccccn2)C3c2ccccn2)cc1. The zero-order valence-electron chi connectivity index (χ0n) is 32.5. The Morgan fingerprint density at radius 1 is 0.455 bits per heavy atom. The molecule has 0 N–H and O–H groups in total. The summed E-state index contributed by atoms with van der Waals surface area (Å²) in [5.74, 6) is 0.331. The molecule has 2 atom stereocenters. The molecule has 0 saturated heterocycles. The summed E-state index contributed by atoms with van der Waals surface area (Å²) in [6.45, 7) is 4.56. The quantitative estimate of drug-likeness (QED) is 0.0912. The van der Waals surface area contributed by atoms with Crippen LogP contribution in [0.4, 0.5) is 0 Å². The first-order valence-electron chi connectivity index (χ1n) is 20.7. The van der Waals surface area contributed by atoms with E-state index in [4.69, 9.17) is 9.97 Å². The molecular weight excluding hydrogens is 744 g/mol. The monoisotopic (exact) mass is 794 g/mol. The maximum absolute atomic E-state index is 5.00. The van der Waals surface area contributed by atoms with Crippen LogP contribution in [0.15, 0.2) is 140 Å². The number of unbranched alkanes of at least 4 members (excludes halogenated alkanes) is 6. The van der Waals surface area contributed by atoms with Crippen molar-refractivity contribution in [3.8, 4) is 22.3 Å². The predicted octanol–water partition coefficient (Wildman–Crippen LogP) is 13.8. The van der Waals surface area contributed by atoms with Gasteiger partial charge >= 0.3 is 316 Å². The number of aryl methyl sites for hydroxylation is 2. The molecule has 0 saturated carbocycles. The van der Waals surface area contributed by atoms with Gasteiger partial charge in [-0.15, -0.1) is 0 Å². The van der Waals surface area contributed by atoms with Gasteiger partial charge in [-0.1, -0.05) is 26.7 Å². The van der Waals surface area contributed by atoms with Crippen LogP contribution in [0.25, 0.3) is 34.4 Å². The van der Waals surface area contributed by atoms with Crippen LogP contribution in [0.1, 0.15) is 122 Å². The minimum atomic E-state index is -1.34. The molecule has 6 aromatic rings. The molecule has 0 aliphatic heterocycles. The maximum atomic E-state index is 5.00. The molecule has 55 heavy (non-hydrogen) atoms. The van der Waals surface area contributed by atoms with Crippen LogP contribution in [-0.4, -0.2) is 9.97 Å². The van der Waals surface area contributed by atoms with E-state index in [-0.39, 0.29) is 11.8 Å². The molecule has 0 spiro atoms. The summed E-state index contributed by atoms with van der Waals surface area (Å²) < 4.78 is 3.12. The fraction of sp³-hybridized carbons (Fsp3) is 0.269. The second kappa shape index (κ2) is 18.0. The van der Waals surface area contributed by atoms with Crippen LogP contribution in [0.5, 0.6) is 0 Å². The van der Waals surface area contributed by atoms with Crippen LogP contribution in [0, 0.1) is 0 Å². The zero-order chi connectivity index (χ0) is 37.4. The predicted molar refractivity (Wildman–Crippen MR) is 228 cm³/mol. The Bertz CT molecular complexity index is 2090. The molecule has 2 aliphatic carbocycles. The van der Waals surface area contributed by atoms with Gasteiger partial charge < -0.3 is 0 Å². The molecule has 2 aliphatic rings. The van der Waals surface area contributed by atoms with Crippen molar-refractivity contribution in [2.45, 2.75) is 89.9 Å². The van der Waals surface area contributed by atoms with Gasteiger partial charge in [0.1, 0.15) is 0 Å². The standard InChI is InChI=1S/2C26H26N.Zr/c2*1-2-3-4-5-9-20-13-15-21(16-14-20)22-10-8-11-23-24(22)17-18-25(23)26-12-6-7-19-27-26;/h2*6-8,10-17,19,25H,2-5,9H2,1H3;. The Labute approximate surface area is 340 Å². The Morgan fingerprint density at radius 3 is 1.31 bits per heavy atom. The number of hydrogen-bond acceptors (Lipinski definition) is 2. The number of nitrogens with zero attached hydrogens (tertiary/aromatic N) is 2. The van der Waals surface area contributed by atoms with Crippen molar-refractivity contribution >= 4 is 12.2 Å². The van der Waals surface area contributed by atoms with Gasteiger partial charge in [0, 0.05) is 0 Å². The first-order chi connectivity index (χ1) is 27.2. The molecule has 4 aromatic carbocycles. The van der Waals surface area contributed by atoms with Gasteiger partial charge in [-0.05, 0) is 0 Å². The van der Waals surface area contributed by atoms with E-state index >= 15 is 0 Å². The average molecular weight is 796 g/mol. The van der Waals surface area contributed by atoms with E-state index in [0.717, 1.165) is 24.2 Å². The molecule has 0 radical (unpaired) electrons. The Hall–Kier alpha value is -4.46. The summed E-state index contributed by atoms with van der Waals surface area (Å²) in [7, 11) is 0. The normalized spacial score (nSPS) is 15.7. The fourth-order valence-corrected chi connectivity index (χ4v) is 12.7. The van der Waals surface area contributed by atoms with Crippen LogP contribution < -0.4 is 0 Å². The van der Waals surface area contributed by atoms with Gasteiger partial charge in [0.15, 0.2) is 0 Å². The minimum absolute atomic E-state index is 0.166. The molecule has 2 nitrogen and oxygen atoms in total.